The maximum Gasteiger partial charge on any atom is 0.130 e. The lowest BCUT2D eigenvalue weighted by atomic mass is 10.0. The molecule has 2 heteroatoms. The molecule has 0 aliphatic heterocycles. The van der Waals surface area contributed by atoms with Gasteiger partial charge in [0.25, 0.3) is 0 Å². The number of hydrogen-bond donors (Lipinski definition) is 0. The Labute approximate surface area is 114 Å². The molecule has 0 aliphatic carbocycles. The van der Waals surface area contributed by atoms with E-state index in [9.17, 15) is 4.79 Å². The Morgan fingerprint density at radius 1 is 1.05 bits per heavy atom. The van der Waals surface area contributed by atoms with E-state index in [2.05, 4.69) is 30.3 Å². The van der Waals surface area contributed by atoms with Gasteiger partial charge in [0, 0.05) is 6.42 Å². The summed E-state index contributed by atoms with van der Waals surface area (Å²) in [6.45, 7) is 1.63. The van der Waals surface area contributed by atoms with Crippen molar-refractivity contribution in [2.24, 2.45) is 0 Å². The van der Waals surface area contributed by atoms with E-state index in [0.29, 0.717) is 6.42 Å². The number of carbonyl (C=O) groups excluding carboxylic acids is 1. The van der Waals surface area contributed by atoms with E-state index in [1.165, 1.54) is 5.56 Å². The average molecular weight is 254 g/mol. The Balaban J connectivity index is 2.15. The van der Waals surface area contributed by atoms with Crippen molar-refractivity contribution in [2.75, 3.05) is 7.11 Å². The number of Topliss-reactive ketones (excluding diaryl/α,β-unsaturated/α-hetero) is 1. The maximum absolute atomic E-state index is 11.0. The molecule has 0 atom stereocenters. The highest BCUT2D eigenvalue weighted by Gasteiger charge is 2.01. The van der Waals surface area contributed by atoms with Crippen molar-refractivity contribution in [3.63, 3.8) is 0 Å². The van der Waals surface area contributed by atoms with Crippen molar-refractivity contribution >= 4 is 5.78 Å². The van der Waals surface area contributed by atoms with Crippen molar-refractivity contribution in [2.45, 2.75) is 19.8 Å². The third-order valence-corrected chi connectivity index (χ3v) is 3.12. The smallest absolute Gasteiger partial charge is 0.130 e. The summed E-state index contributed by atoms with van der Waals surface area (Å²) in [5.41, 5.74) is 3.49. The molecule has 19 heavy (non-hydrogen) atoms. The van der Waals surface area contributed by atoms with Crippen LogP contribution in [0.4, 0.5) is 0 Å². The van der Waals surface area contributed by atoms with E-state index < -0.39 is 0 Å². The van der Waals surface area contributed by atoms with Gasteiger partial charge in [-0.1, -0.05) is 36.4 Å². The van der Waals surface area contributed by atoms with Gasteiger partial charge in [-0.25, -0.2) is 0 Å². The molecule has 0 heterocycles. The molecule has 2 rings (SSSR count). The number of ketones is 1. The second kappa shape index (κ2) is 6.19. The minimum absolute atomic E-state index is 0.233. The van der Waals surface area contributed by atoms with Gasteiger partial charge in [-0.3, -0.25) is 0 Å². The predicted molar refractivity (Wildman–Crippen MR) is 77.4 cm³/mol. The number of rotatable bonds is 5. The van der Waals surface area contributed by atoms with Gasteiger partial charge < -0.3 is 9.53 Å². The van der Waals surface area contributed by atoms with Gasteiger partial charge in [0.05, 0.1) is 7.11 Å². The SMILES string of the molecule is COc1cccc(-c2ccc(CCC(C)=O)cc2)c1. The summed E-state index contributed by atoms with van der Waals surface area (Å²) in [5.74, 6) is 1.09. The van der Waals surface area contributed by atoms with Gasteiger partial charge in [-0.15, -0.1) is 0 Å². The lowest BCUT2D eigenvalue weighted by Gasteiger charge is -2.06. The Bertz CT molecular complexity index is 556. The maximum atomic E-state index is 11.0. The Kier molecular flexibility index (Phi) is 4.35. The molecule has 0 aliphatic rings. The van der Waals surface area contributed by atoms with E-state index in [-0.39, 0.29) is 5.78 Å². The normalized spacial score (nSPS) is 10.2. The molecule has 0 amide bonds. The molecule has 0 bridgehead atoms. The van der Waals surface area contributed by atoms with Gasteiger partial charge in [0.2, 0.25) is 0 Å². The number of carbonyl (C=O) groups is 1. The Morgan fingerprint density at radius 3 is 2.42 bits per heavy atom. The molecule has 2 aromatic rings. The topological polar surface area (TPSA) is 26.3 Å². The third kappa shape index (κ3) is 3.68. The monoisotopic (exact) mass is 254 g/mol. The van der Waals surface area contributed by atoms with Crippen molar-refractivity contribution in [1.29, 1.82) is 0 Å². The molecular formula is C17H18O2. The summed E-state index contributed by atoms with van der Waals surface area (Å²) in [5, 5.41) is 0. The highest BCUT2D eigenvalue weighted by atomic mass is 16.5. The van der Waals surface area contributed by atoms with Crippen molar-refractivity contribution in [3.8, 4) is 16.9 Å². The highest BCUT2D eigenvalue weighted by Crippen LogP contribution is 2.24. The predicted octanol–water partition coefficient (Wildman–Crippen LogP) is 3.88. The zero-order valence-electron chi connectivity index (χ0n) is 11.3. The molecule has 2 aromatic carbocycles. The van der Waals surface area contributed by atoms with Crippen LogP contribution in [0.1, 0.15) is 18.9 Å². The fraction of sp³-hybridized carbons (Fsp3) is 0.235. The van der Waals surface area contributed by atoms with Crippen LogP contribution in [0.3, 0.4) is 0 Å². The third-order valence-electron chi connectivity index (χ3n) is 3.12. The zero-order chi connectivity index (χ0) is 13.7. The lowest BCUT2D eigenvalue weighted by molar-refractivity contribution is -0.116. The second-order valence-electron chi connectivity index (χ2n) is 4.63. The fourth-order valence-electron chi connectivity index (χ4n) is 1.99. The summed E-state index contributed by atoms with van der Waals surface area (Å²) in [7, 11) is 1.67. The van der Waals surface area contributed by atoms with Gasteiger partial charge in [-0.05, 0) is 42.2 Å². The molecule has 0 N–H and O–H groups in total. The number of ether oxygens (including phenoxy) is 1. The van der Waals surface area contributed by atoms with Crippen LogP contribution in [0.2, 0.25) is 0 Å². The Hall–Kier alpha value is -2.09. The first-order valence-electron chi connectivity index (χ1n) is 6.42. The molecule has 98 valence electrons. The van der Waals surface area contributed by atoms with Gasteiger partial charge >= 0.3 is 0 Å². The molecule has 2 nitrogen and oxygen atoms in total. The van der Waals surface area contributed by atoms with E-state index in [1.807, 2.05) is 18.2 Å². The van der Waals surface area contributed by atoms with Crippen molar-refractivity contribution in [3.05, 3.63) is 54.1 Å². The van der Waals surface area contributed by atoms with Crippen LogP contribution >= 0.6 is 0 Å². The summed E-state index contributed by atoms with van der Waals surface area (Å²) >= 11 is 0. The first-order valence-corrected chi connectivity index (χ1v) is 6.42. The lowest BCUT2D eigenvalue weighted by Crippen LogP contribution is -1.93. The number of hydrogen-bond acceptors (Lipinski definition) is 2. The standard InChI is InChI=1S/C17H18O2/c1-13(18)6-7-14-8-10-15(11-9-14)16-4-3-5-17(12-16)19-2/h3-5,8-12H,6-7H2,1-2H3. The van der Waals surface area contributed by atoms with Gasteiger partial charge in [0.15, 0.2) is 0 Å². The van der Waals surface area contributed by atoms with Gasteiger partial charge in [-0.2, -0.15) is 0 Å². The minimum Gasteiger partial charge on any atom is -0.497 e. The summed E-state index contributed by atoms with van der Waals surface area (Å²) in [4.78, 5) is 11.0. The van der Waals surface area contributed by atoms with E-state index in [4.69, 9.17) is 4.74 Å². The van der Waals surface area contributed by atoms with Crippen LogP contribution < -0.4 is 4.74 Å². The van der Waals surface area contributed by atoms with Crippen LogP contribution in [0.15, 0.2) is 48.5 Å². The second-order valence-corrected chi connectivity index (χ2v) is 4.63. The first-order chi connectivity index (χ1) is 9.19. The fourth-order valence-corrected chi connectivity index (χ4v) is 1.99. The molecule has 0 radical (unpaired) electrons. The van der Waals surface area contributed by atoms with Crippen LogP contribution in [-0.2, 0) is 11.2 Å². The van der Waals surface area contributed by atoms with Crippen LogP contribution in [0.25, 0.3) is 11.1 Å². The van der Waals surface area contributed by atoms with Crippen molar-refractivity contribution < 1.29 is 9.53 Å². The van der Waals surface area contributed by atoms with E-state index in [0.717, 1.165) is 23.3 Å². The van der Waals surface area contributed by atoms with Crippen molar-refractivity contribution in [1.82, 2.24) is 0 Å². The minimum atomic E-state index is 0.233. The average Bonchev–Trinajstić information content (AvgIpc) is 2.45. The summed E-state index contributed by atoms with van der Waals surface area (Å²) < 4.78 is 5.23. The largest absolute Gasteiger partial charge is 0.497 e. The number of aryl methyl sites for hydroxylation is 1. The van der Waals surface area contributed by atoms with Crippen LogP contribution in [-0.4, -0.2) is 12.9 Å². The molecule has 0 saturated carbocycles. The van der Waals surface area contributed by atoms with E-state index >= 15 is 0 Å². The molecular weight excluding hydrogens is 236 g/mol. The molecule has 0 saturated heterocycles. The quantitative estimate of drug-likeness (QED) is 0.809. The summed E-state index contributed by atoms with van der Waals surface area (Å²) in [6.07, 6.45) is 1.42. The highest BCUT2D eigenvalue weighted by molar-refractivity contribution is 5.75. The first kappa shape index (κ1) is 13.3. The van der Waals surface area contributed by atoms with E-state index in [1.54, 1.807) is 14.0 Å². The molecule has 0 aromatic heterocycles. The molecule has 0 fully saturated rings. The zero-order valence-corrected chi connectivity index (χ0v) is 11.3. The summed E-state index contributed by atoms with van der Waals surface area (Å²) in [6, 6.07) is 16.3. The van der Waals surface area contributed by atoms with Crippen LogP contribution in [0, 0.1) is 0 Å². The number of benzene rings is 2. The Morgan fingerprint density at radius 2 is 1.79 bits per heavy atom. The van der Waals surface area contributed by atoms with Crippen LogP contribution in [0.5, 0.6) is 5.75 Å². The molecule has 0 unspecified atom stereocenters. The van der Waals surface area contributed by atoms with Gasteiger partial charge in [0.1, 0.15) is 11.5 Å². The number of methoxy groups -OCH3 is 1. The molecule has 0 spiro atoms.